The quantitative estimate of drug-likeness (QED) is 0.927. The third kappa shape index (κ3) is 3.12. The number of carbonyl (C=O) groups is 1. The molecule has 3 rings (SSSR count). The minimum absolute atomic E-state index is 0.0885. The van der Waals surface area contributed by atoms with Gasteiger partial charge in [0.15, 0.2) is 0 Å². The average Bonchev–Trinajstić information content (AvgIpc) is 2.92. The van der Waals surface area contributed by atoms with Gasteiger partial charge in [0.2, 0.25) is 5.91 Å². The van der Waals surface area contributed by atoms with E-state index in [2.05, 4.69) is 21.5 Å². The Kier molecular flexibility index (Phi) is 3.99. The van der Waals surface area contributed by atoms with E-state index >= 15 is 0 Å². The molecule has 0 bridgehead atoms. The van der Waals surface area contributed by atoms with Gasteiger partial charge in [-0.1, -0.05) is 6.07 Å². The van der Waals surface area contributed by atoms with Crippen molar-refractivity contribution in [3.05, 3.63) is 47.5 Å². The molecule has 2 aromatic heterocycles. The van der Waals surface area contributed by atoms with E-state index < -0.39 is 0 Å². The number of carbonyl (C=O) groups excluding carboxylic acids is 1. The van der Waals surface area contributed by atoms with E-state index in [-0.39, 0.29) is 11.8 Å². The van der Waals surface area contributed by atoms with Crippen molar-refractivity contribution in [3.63, 3.8) is 0 Å². The fraction of sp³-hybridized carbons (Fsp3) is 0.438. The van der Waals surface area contributed by atoms with Crippen molar-refractivity contribution in [1.29, 1.82) is 0 Å². The second kappa shape index (κ2) is 6.08. The van der Waals surface area contributed by atoms with Gasteiger partial charge >= 0.3 is 0 Å². The molecule has 110 valence electrons. The van der Waals surface area contributed by atoms with E-state index in [1.807, 2.05) is 25.4 Å². The van der Waals surface area contributed by atoms with Crippen LogP contribution in [-0.2, 0) is 24.7 Å². The molecule has 2 heterocycles. The normalized spacial score (nSPS) is 17.3. The second-order valence-corrected chi connectivity index (χ2v) is 5.51. The van der Waals surface area contributed by atoms with Crippen molar-refractivity contribution < 1.29 is 4.79 Å². The fourth-order valence-electron chi connectivity index (χ4n) is 2.90. The minimum Gasteiger partial charge on any atom is -0.355 e. The van der Waals surface area contributed by atoms with Crippen LogP contribution in [0.5, 0.6) is 0 Å². The molecule has 1 amide bonds. The van der Waals surface area contributed by atoms with Gasteiger partial charge in [-0.25, -0.2) is 0 Å². The standard InChI is InChI=1S/C16H20N4O/c1-20-11-8-13(19-20)7-10-18-16(21)14-6-2-4-12-5-3-9-17-15(12)14/h3,5,8-9,11,14H,2,4,6-7,10H2,1H3,(H,18,21). The zero-order valence-electron chi connectivity index (χ0n) is 12.2. The maximum atomic E-state index is 12.4. The third-order valence-electron chi connectivity index (χ3n) is 3.96. The molecule has 0 aliphatic heterocycles. The Labute approximate surface area is 124 Å². The maximum absolute atomic E-state index is 12.4. The molecule has 0 radical (unpaired) electrons. The number of pyridine rings is 1. The second-order valence-electron chi connectivity index (χ2n) is 5.51. The Morgan fingerprint density at radius 1 is 1.48 bits per heavy atom. The first-order chi connectivity index (χ1) is 10.2. The predicted octanol–water partition coefficient (Wildman–Crippen LogP) is 1.59. The van der Waals surface area contributed by atoms with E-state index in [0.717, 1.165) is 37.1 Å². The third-order valence-corrected chi connectivity index (χ3v) is 3.96. The summed E-state index contributed by atoms with van der Waals surface area (Å²) in [7, 11) is 1.90. The smallest absolute Gasteiger partial charge is 0.229 e. The van der Waals surface area contributed by atoms with Crippen LogP contribution in [0.3, 0.4) is 0 Å². The molecule has 1 N–H and O–H groups in total. The van der Waals surface area contributed by atoms with Crippen LogP contribution < -0.4 is 5.32 Å². The molecule has 1 unspecified atom stereocenters. The largest absolute Gasteiger partial charge is 0.355 e. The Balaban J connectivity index is 1.59. The van der Waals surface area contributed by atoms with Crippen LogP contribution >= 0.6 is 0 Å². The maximum Gasteiger partial charge on any atom is 0.229 e. The summed E-state index contributed by atoms with van der Waals surface area (Å²) in [5.74, 6) is -0.00994. The van der Waals surface area contributed by atoms with Crippen molar-refractivity contribution in [2.45, 2.75) is 31.6 Å². The van der Waals surface area contributed by atoms with Crippen molar-refractivity contribution >= 4 is 5.91 Å². The number of hydrogen-bond acceptors (Lipinski definition) is 3. The number of amides is 1. The first kappa shape index (κ1) is 13.8. The lowest BCUT2D eigenvalue weighted by Crippen LogP contribution is -2.33. The van der Waals surface area contributed by atoms with Crippen LogP contribution in [0, 0.1) is 0 Å². The number of fused-ring (bicyclic) bond motifs is 1. The molecule has 0 saturated heterocycles. The van der Waals surface area contributed by atoms with Gasteiger partial charge in [-0.2, -0.15) is 5.10 Å². The monoisotopic (exact) mass is 284 g/mol. The highest BCUT2D eigenvalue weighted by atomic mass is 16.1. The van der Waals surface area contributed by atoms with Gasteiger partial charge in [0.05, 0.1) is 17.3 Å². The number of rotatable bonds is 4. The van der Waals surface area contributed by atoms with Gasteiger partial charge in [-0.15, -0.1) is 0 Å². The molecule has 5 heteroatoms. The van der Waals surface area contributed by atoms with Gasteiger partial charge in [0, 0.05) is 32.4 Å². The van der Waals surface area contributed by atoms with E-state index in [0.29, 0.717) is 6.54 Å². The molecule has 21 heavy (non-hydrogen) atoms. The van der Waals surface area contributed by atoms with Gasteiger partial charge in [-0.05, 0) is 37.0 Å². The molecular weight excluding hydrogens is 264 g/mol. The van der Waals surface area contributed by atoms with Gasteiger partial charge < -0.3 is 5.32 Å². The predicted molar refractivity (Wildman–Crippen MR) is 79.8 cm³/mol. The molecule has 0 spiro atoms. The summed E-state index contributed by atoms with van der Waals surface area (Å²) in [4.78, 5) is 16.8. The van der Waals surface area contributed by atoms with Crippen LogP contribution in [0.4, 0.5) is 0 Å². The minimum atomic E-state index is -0.0984. The van der Waals surface area contributed by atoms with Crippen LogP contribution in [-0.4, -0.2) is 27.2 Å². The SMILES string of the molecule is Cn1ccc(CCNC(=O)C2CCCc3cccnc32)n1. The number of aryl methyl sites for hydroxylation is 2. The van der Waals surface area contributed by atoms with Crippen LogP contribution in [0.1, 0.15) is 35.7 Å². The van der Waals surface area contributed by atoms with Crippen LogP contribution in [0.2, 0.25) is 0 Å². The summed E-state index contributed by atoms with van der Waals surface area (Å²) in [6.45, 7) is 0.620. The lowest BCUT2D eigenvalue weighted by atomic mass is 9.86. The molecule has 0 saturated carbocycles. The summed E-state index contributed by atoms with van der Waals surface area (Å²) >= 11 is 0. The summed E-state index contributed by atoms with van der Waals surface area (Å²) < 4.78 is 1.78. The zero-order chi connectivity index (χ0) is 14.7. The molecule has 1 aliphatic carbocycles. The Morgan fingerprint density at radius 3 is 3.19 bits per heavy atom. The Morgan fingerprint density at radius 2 is 2.38 bits per heavy atom. The fourth-order valence-corrected chi connectivity index (χ4v) is 2.90. The number of aromatic nitrogens is 3. The van der Waals surface area contributed by atoms with Gasteiger partial charge in [0.1, 0.15) is 0 Å². The van der Waals surface area contributed by atoms with E-state index in [4.69, 9.17) is 0 Å². The molecule has 1 atom stereocenters. The highest BCUT2D eigenvalue weighted by molar-refractivity contribution is 5.83. The molecule has 5 nitrogen and oxygen atoms in total. The van der Waals surface area contributed by atoms with E-state index in [1.165, 1.54) is 5.56 Å². The molecule has 0 aromatic carbocycles. The summed E-state index contributed by atoms with van der Waals surface area (Å²) in [5.41, 5.74) is 3.17. The van der Waals surface area contributed by atoms with Crippen LogP contribution in [0.25, 0.3) is 0 Å². The van der Waals surface area contributed by atoms with E-state index in [9.17, 15) is 4.79 Å². The molecule has 2 aromatic rings. The van der Waals surface area contributed by atoms with Crippen LogP contribution in [0.15, 0.2) is 30.6 Å². The molecule has 1 aliphatic rings. The summed E-state index contributed by atoms with van der Waals surface area (Å²) in [6.07, 6.45) is 7.42. The van der Waals surface area contributed by atoms with Gasteiger partial charge in [0.25, 0.3) is 0 Å². The molecular formula is C16H20N4O. The highest BCUT2D eigenvalue weighted by Gasteiger charge is 2.27. The average molecular weight is 284 g/mol. The van der Waals surface area contributed by atoms with Crippen molar-refractivity contribution in [1.82, 2.24) is 20.1 Å². The lowest BCUT2D eigenvalue weighted by Gasteiger charge is -2.23. The first-order valence-corrected chi connectivity index (χ1v) is 7.44. The number of hydrogen-bond donors (Lipinski definition) is 1. The van der Waals surface area contributed by atoms with Gasteiger partial charge in [-0.3, -0.25) is 14.5 Å². The highest BCUT2D eigenvalue weighted by Crippen LogP contribution is 2.29. The topological polar surface area (TPSA) is 59.8 Å². The van der Waals surface area contributed by atoms with Crippen molar-refractivity contribution in [2.24, 2.45) is 7.05 Å². The zero-order valence-corrected chi connectivity index (χ0v) is 12.2. The summed E-state index contributed by atoms with van der Waals surface area (Å²) in [6, 6.07) is 6.00. The molecule has 0 fully saturated rings. The Hall–Kier alpha value is -2.17. The van der Waals surface area contributed by atoms with Crippen molar-refractivity contribution in [2.75, 3.05) is 6.54 Å². The number of nitrogens with one attached hydrogen (secondary N) is 1. The number of nitrogens with zero attached hydrogens (tertiary/aromatic N) is 3. The lowest BCUT2D eigenvalue weighted by molar-refractivity contribution is -0.122. The van der Waals surface area contributed by atoms with E-state index in [1.54, 1.807) is 10.9 Å². The first-order valence-electron chi connectivity index (χ1n) is 7.44. The van der Waals surface area contributed by atoms with Crippen molar-refractivity contribution in [3.8, 4) is 0 Å². The Bertz CT molecular complexity index is 635. The summed E-state index contributed by atoms with van der Waals surface area (Å²) in [5, 5.41) is 7.33.